The van der Waals surface area contributed by atoms with Crippen LogP contribution in [0.15, 0.2) is 34.7 Å². The molecular formula is C16H16N2O. The number of hydrogen-bond donors (Lipinski definition) is 1. The molecule has 0 spiro atoms. The Hall–Kier alpha value is -2.29. The molecule has 0 aliphatic rings. The van der Waals surface area contributed by atoms with Crippen molar-refractivity contribution >= 4 is 16.8 Å². The number of fused-ring (bicyclic) bond motifs is 1. The van der Waals surface area contributed by atoms with Crippen molar-refractivity contribution in [1.29, 1.82) is 0 Å². The molecule has 96 valence electrons. The van der Waals surface area contributed by atoms with Crippen LogP contribution in [-0.4, -0.2) is 4.98 Å². The Morgan fingerprint density at radius 1 is 1.00 bits per heavy atom. The number of aromatic nitrogens is 1. The standard InChI is InChI=1S/C16H16N2O/c1-9-8-10(2)15-14(11(9)3)18-16(19-15)12-4-6-13(17)7-5-12/h4-8H,17H2,1-3H3. The third kappa shape index (κ3) is 1.87. The maximum absolute atomic E-state index is 5.91. The third-order valence-corrected chi connectivity index (χ3v) is 3.52. The summed E-state index contributed by atoms with van der Waals surface area (Å²) in [7, 11) is 0. The summed E-state index contributed by atoms with van der Waals surface area (Å²) in [6.07, 6.45) is 0. The summed E-state index contributed by atoms with van der Waals surface area (Å²) < 4.78 is 5.91. The van der Waals surface area contributed by atoms with E-state index in [0.717, 1.165) is 27.9 Å². The fourth-order valence-electron chi connectivity index (χ4n) is 2.28. The van der Waals surface area contributed by atoms with Gasteiger partial charge in [-0.15, -0.1) is 0 Å². The average Bonchev–Trinajstić information content (AvgIpc) is 2.83. The Bertz CT molecular complexity index is 755. The fourth-order valence-corrected chi connectivity index (χ4v) is 2.28. The second kappa shape index (κ2) is 4.12. The Labute approximate surface area is 112 Å². The number of aryl methyl sites for hydroxylation is 3. The lowest BCUT2D eigenvalue weighted by Crippen LogP contribution is -1.86. The second-order valence-corrected chi connectivity index (χ2v) is 4.95. The van der Waals surface area contributed by atoms with Crippen LogP contribution in [0, 0.1) is 20.8 Å². The van der Waals surface area contributed by atoms with Gasteiger partial charge in [-0.2, -0.15) is 0 Å². The fraction of sp³-hybridized carbons (Fsp3) is 0.188. The normalized spacial score (nSPS) is 11.1. The minimum Gasteiger partial charge on any atom is -0.436 e. The van der Waals surface area contributed by atoms with Gasteiger partial charge in [0, 0.05) is 11.3 Å². The maximum atomic E-state index is 5.91. The number of anilines is 1. The van der Waals surface area contributed by atoms with E-state index in [1.54, 1.807) is 0 Å². The van der Waals surface area contributed by atoms with E-state index in [4.69, 9.17) is 10.2 Å². The average molecular weight is 252 g/mol. The lowest BCUT2D eigenvalue weighted by Gasteiger charge is -2.01. The third-order valence-electron chi connectivity index (χ3n) is 3.52. The minimum absolute atomic E-state index is 0.645. The zero-order valence-electron chi connectivity index (χ0n) is 11.3. The summed E-state index contributed by atoms with van der Waals surface area (Å²) in [6.45, 7) is 6.22. The van der Waals surface area contributed by atoms with Crippen LogP contribution >= 0.6 is 0 Å². The number of nitrogen functional groups attached to an aromatic ring is 1. The van der Waals surface area contributed by atoms with Crippen LogP contribution in [0.4, 0.5) is 5.69 Å². The first-order valence-electron chi connectivity index (χ1n) is 6.29. The number of nitrogens with zero attached hydrogens (tertiary/aromatic N) is 1. The Morgan fingerprint density at radius 3 is 2.37 bits per heavy atom. The Morgan fingerprint density at radius 2 is 1.68 bits per heavy atom. The van der Waals surface area contributed by atoms with E-state index in [2.05, 4.69) is 24.9 Å². The van der Waals surface area contributed by atoms with Gasteiger partial charge in [0.2, 0.25) is 5.89 Å². The topological polar surface area (TPSA) is 52.0 Å². The van der Waals surface area contributed by atoms with Crippen LogP contribution in [0.25, 0.3) is 22.6 Å². The van der Waals surface area contributed by atoms with Crippen molar-refractivity contribution in [2.45, 2.75) is 20.8 Å². The molecule has 0 aliphatic carbocycles. The molecule has 0 unspecified atom stereocenters. The molecule has 0 radical (unpaired) electrons. The summed E-state index contributed by atoms with van der Waals surface area (Å²) in [5, 5.41) is 0. The summed E-state index contributed by atoms with van der Waals surface area (Å²) in [5.74, 6) is 0.645. The van der Waals surface area contributed by atoms with E-state index in [1.165, 1.54) is 11.1 Å². The second-order valence-electron chi connectivity index (χ2n) is 4.95. The predicted molar refractivity (Wildman–Crippen MR) is 78.1 cm³/mol. The molecule has 1 heterocycles. The molecule has 0 amide bonds. The van der Waals surface area contributed by atoms with Crippen molar-refractivity contribution in [2.75, 3.05) is 5.73 Å². The molecule has 3 heteroatoms. The van der Waals surface area contributed by atoms with Gasteiger partial charge in [0.15, 0.2) is 5.58 Å². The molecule has 2 N–H and O–H groups in total. The smallest absolute Gasteiger partial charge is 0.227 e. The lowest BCUT2D eigenvalue weighted by molar-refractivity contribution is 0.617. The van der Waals surface area contributed by atoms with Crippen LogP contribution in [0.1, 0.15) is 16.7 Å². The SMILES string of the molecule is Cc1cc(C)c2oc(-c3ccc(N)cc3)nc2c1C. The molecule has 0 saturated carbocycles. The highest BCUT2D eigenvalue weighted by molar-refractivity contribution is 5.83. The maximum Gasteiger partial charge on any atom is 0.227 e. The lowest BCUT2D eigenvalue weighted by atomic mass is 10.1. The Balaban J connectivity index is 2.24. The van der Waals surface area contributed by atoms with Crippen molar-refractivity contribution in [2.24, 2.45) is 0 Å². The van der Waals surface area contributed by atoms with Gasteiger partial charge in [0.25, 0.3) is 0 Å². The van der Waals surface area contributed by atoms with Gasteiger partial charge in [-0.05, 0) is 61.7 Å². The van der Waals surface area contributed by atoms with E-state index in [-0.39, 0.29) is 0 Å². The first-order chi connectivity index (χ1) is 9.06. The Kier molecular flexibility index (Phi) is 2.56. The van der Waals surface area contributed by atoms with E-state index < -0.39 is 0 Å². The summed E-state index contributed by atoms with van der Waals surface area (Å²) in [5.41, 5.74) is 12.7. The molecule has 0 fully saturated rings. The van der Waals surface area contributed by atoms with Gasteiger partial charge in [-0.1, -0.05) is 6.07 Å². The van der Waals surface area contributed by atoms with E-state index in [0.29, 0.717) is 5.89 Å². The number of oxazole rings is 1. The van der Waals surface area contributed by atoms with E-state index in [9.17, 15) is 0 Å². The van der Waals surface area contributed by atoms with Gasteiger partial charge < -0.3 is 10.2 Å². The molecule has 3 aromatic rings. The van der Waals surface area contributed by atoms with Gasteiger partial charge in [0.1, 0.15) is 5.52 Å². The van der Waals surface area contributed by atoms with Gasteiger partial charge in [-0.25, -0.2) is 4.98 Å². The van der Waals surface area contributed by atoms with Gasteiger partial charge in [-0.3, -0.25) is 0 Å². The van der Waals surface area contributed by atoms with E-state index in [1.807, 2.05) is 31.2 Å². The number of rotatable bonds is 1. The summed E-state index contributed by atoms with van der Waals surface area (Å²) in [6, 6.07) is 9.70. The highest BCUT2D eigenvalue weighted by atomic mass is 16.3. The monoisotopic (exact) mass is 252 g/mol. The van der Waals surface area contributed by atoms with Crippen molar-refractivity contribution < 1.29 is 4.42 Å². The molecule has 3 nitrogen and oxygen atoms in total. The molecule has 2 aromatic carbocycles. The first kappa shape index (κ1) is 11.8. The first-order valence-corrected chi connectivity index (χ1v) is 6.29. The van der Waals surface area contributed by atoms with Crippen molar-refractivity contribution in [1.82, 2.24) is 4.98 Å². The van der Waals surface area contributed by atoms with Crippen molar-refractivity contribution in [3.63, 3.8) is 0 Å². The molecule has 0 bridgehead atoms. The van der Waals surface area contributed by atoms with Gasteiger partial charge in [0.05, 0.1) is 0 Å². The number of benzene rings is 2. The number of nitrogens with two attached hydrogens (primary N) is 1. The molecule has 0 atom stereocenters. The van der Waals surface area contributed by atoms with Crippen LogP contribution in [-0.2, 0) is 0 Å². The quantitative estimate of drug-likeness (QED) is 0.666. The van der Waals surface area contributed by atoms with Crippen LogP contribution < -0.4 is 5.73 Å². The summed E-state index contributed by atoms with van der Waals surface area (Å²) in [4.78, 5) is 4.63. The zero-order valence-corrected chi connectivity index (χ0v) is 11.3. The van der Waals surface area contributed by atoms with Crippen molar-refractivity contribution in [3.8, 4) is 11.5 Å². The molecule has 0 saturated heterocycles. The predicted octanol–water partition coefficient (Wildman–Crippen LogP) is 4.00. The summed E-state index contributed by atoms with van der Waals surface area (Å²) >= 11 is 0. The molecular weight excluding hydrogens is 236 g/mol. The van der Waals surface area contributed by atoms with Crippen molar-refractivity contribution in [3.05, 3.63) is 47.0 Å². The van der Waals surface area contributed by atoms with Gasteiger partial charge >= 0.3 is 0 Å². The molecule has 0 aliphatic heterocycles. The number of hydrogen-bond acceptors (Lipinski definition) is 3. The zero-order chi connectivity index (χ0) is 13.6. The highest BCUT2D eigenvalue weighted by Crippen LogP contribution is 2.30. The largest absolute Gasteiger partial charge is 0.436 e. The highest BCUT2D eigenvalue weighted by Gasteiger charge is 2.13. The molecule has 19 heavy (non-hydrogen) atoms. The van der Waals surface area contributed by atoms with Crippen LogP contribution in [0.3, 0.4) is 0 Å². The molecule has 1 aromatic heterocycles. The minimum atomic E-state index is 0.645. The van der Waals surface area contributed by atoms with Crippen LogP contribution in [0.5, 0.6) is 0 Å². The van der Waals surface area contributed by atoms with Crippen LogP contribution in [0.2, 0.25) is 0 Å². The van der Waals surface area contributed by atoms with E-state index >= 15 is 0 Å². The molecule has 3 rings (SSSR count).